The fourth-order valence-electron chi connectivity index (χ4n) is 5.96. The number of phenols is 1. The molecule has 0 aliphatic carbocycles. The maximum absolute atomic E-state index is 14.9. The highest BCUT2D eigenvalue weighted by Gasteiger charge is 2.61. The molecule has 7 rings (SSSR count). The zero-order valence-electron chi connectivity index (χ0n) is 21.8. The molecule has 1 atom stereocenters. The van der Waals surface area contributed by atoms with Gasteiger partial charge in [0.2, 0.25) is 11.8 Å². The smallest absolute Gasteiger partial charge is 0.248 e. The van der Waals surface area contributed by atoms with Gasteiger partial charge in [0.15, 0.2) is 5.43 Å². The Kier molecular flexibility index (Phi) is 5.43. The molecular formula is C33H20FN3O5. The molecule has 0 saturated heterocycles. The Morgan fingerprint density at radius 1 is 0.976 bits per heavy atom. The van der Waals surface area contributed by atoms with E-state index in [1.165, 1.54) is 29.2 Å². The van der Waals surface area contributed by atoms with Gasteiger partial charge in [0.25, 0.3) is 0 Å². The van der Waals surface area contributed by atoms with Crippen LogP contribution < -0.4 is 20.8 Å². The number of hydrogen-bond donors (Lipinski definition) is 2. The van der Waals surface area contributed by atoms with Crippen molar-refractivity contribution in [3.63, 3.8) is 0 Å². The summed E-state index contributed by atoms with van der Waals surface area (Å²) < 4.78 is 26.7. The van der Waals surface area contributed by atoms with Crippen molar-refractivity contribution in [2.75, 3.05) is 4.90 Å². The topological polar surface area (TPSA) is 130 Å². The second-order valence-corrected chi connectivity index (χ2v) is 10.1. The number of nitriles is 1. The van der Waals surface area contributed by atoms with Gasteiger partial charge in [0.1, 0.15) is 51.1 Å². The highest BCUT2D eigenvalue weighted by atomic mass is 19.1. The van der Waals surface area contributed by atoms with Crippen LogP contribution in [0.5, 0.6) is 11.5 Å². The first kappa shape index (κ1) is 25.1. The Morgan fingerprint density at radius 2 is 1.69 bits per heavy atom. The highest BCUT2D eigenvalue weighted by molar-refractivity contribution is 6.15. The molecule has 8 nitrogen and oxygen atoms in total. The first-order chi connectivity index (χ1) is 20.3. The molecule has 3 heterocycles. The Bertz CT molecular complexity index is 2080. The largest absolute Gasteiger partial charge is 0.507 e. The van der Waals surface area contributed by atoms with Gasteiger partial charge in [-0.05, 0) is 23.8 Å². The molecule has 204 valence electrons. The molecule has 1 aromatic heterocycles. The third-order valence-electron chi connectivity index (χ3n) is 7.75. The fourth-order valence-corrected chi connectivity index (χ4v) is 5.96. The Balaban J connectivity index is 1.54. The van der Waals surface area contributed by atoms with Crippen LogP contribution in [0.4, 0.5) is 10.1 Å². The molecule has 5 aromatic rings. The number of amides is 1. The average Bonchev–Trinajstić information content (AvgIpc) is 3.20. The van der Waals surface area contributed by atoms with Gasteiger partial charge >= 0.3 is 0 Å². The van der Waals surface area contributed by atoms with Crippen molar-refractivity contribution in [3.8, 4) is 28.9 Å². The molecule has 0 bridgehead atoms. The lowest BCUT2D eigenvalue weighted by atomic mass is 9.68. The molecular weight excluding hydrogens is 537 g/mol. The number of carbonyl (C=O) groups is 1. The molecule has 9 heteroatoms. The lowest BCUT2D eigenvalue weighted by molar-refractivity contribution is -0.121. The Labute approximate surface area is 237 Å². The lowest BCUT2D eigenvalue weighted by Gasteiger charge is -2.35. The van der Waals surface area contributed by atoms with E-state index < -0.39 is 34.2 Å². The highest BCUT2D eigenvalue weighted by Crippen LogP contribution is 2.59. The quantitative estimate of drug-likeness (QED) is 0.311. The molecule has 3 N–H and O–H groups in total. The van der Waals surface area contributed by atoms with E-state index in [0.29, 0.717) is 11.3 Å². The molecule has 0 fully saturated rings. The van der Waals surface area contributed by atoms with E-state index in [2.05, 4.69) is 0 Å². The third-order valence-corrected chi connectivity index (χ3v) is 7.75. The SMILES string of the molecule is N#CC1=C(N)Oc2cc3oc(-c4ccccc4)cc(=O)c3c(O)c2C12C(=O)N(Cc1ccccc1)c1ccc(F)cc12. The normalized spacial score (nSPS) is 17.2. The molecule has 0 saturated carbocycles. The van der Waals surface area contributed by atoms with E-state index in [1.807, 2.05) is 42.5 Å². The summed E-state index contributed by atoms with van der Waals surface area (Å²) in [6, 6.07) is 26.4. The van der Waals surface area contributed by atoms with Crippen molar-refractivity contribution in [2.45, 2.75) is 12.0 Å². The summed E-state index contributed by atoms with van der Waals surface area (Å²) in [7, 11) is 0. The average molecular weight is 558 g/mol. The predicted molar refractivity (Wildman–Crippen MR) is 152 cm³/mol. The van der Waals surface area contributed by atoms with Crippen LogP contribution in [0.3, 0.4) is 0 Å². The number of nitrogens with zero attached hydrogens (tertiary/aromatic N) is 2. The summed E-state index contributed by atoms with van der Waals surface area (Å²) in [6.45, 7) is 0.0891. The number of nitrogens with two attached hydrogens (primary N) is 1. The Hall–Kier alpha value is -5.88. The van der Waals surface area contributed by atoms with Crippen molar-refractivity contribution in [2.24, 2.45) is 5.73 Å². The predicted octanol–water partition coefficient (Wildman–Crippen LogP) is 5.22. The van der Waals surface area contributed by atoms with E-state index in [1.54, 1.807) is 24.3 Å². The van der Waals surface area contributed by atoms with Crippen LogP contribution in [0.15, 0.2) is 112 Å². The minimum Gasteiger partial charge on any atom is -0.507 e. The zero-order valence-corrected chi connectivity index (χ0v) is 21.8. The number of ether oxygens (including phenoxy) is 1. The molecule has 1 amide bonds. The molecule has 4 aromatic carbocycles. The maximum Gasteiger partial charge on any atom is 0.248 e. The van der Waals surface area contributed by atoms with Crippen LogP contribution in [-0.4, -0.2) is 11.0 Å². The molecule has 0 radical (unpaired) electrons. The summed E-state index contributed by atoms with van der Waals surface area (Å²) in [5.74, 6) is -2.20. The van der Waals surface area contributed by atoms with E-state index in [0.717, 1.165) is 11.6 Å². The van der Waals surface area contributed by atoms with Crippen molar-refractivity contribution in [3.05, 3.63) is 135 Å². The number of rotatable bonds is 3. The molecule has 42 heavy (non-hydrogen) atoms. The number of benzene rings is 4. The van der Waals surface area contributed by atoms with E-state index in [9.17, 15) is 24.3 Å². The van der Waals surface area contributed by atoms with Gasteiger partial charge in [-0.3, -0.25) is 9.59 Å². The maximum atomic E-state index is 14.9. The van der Waals surface area contributed by atoms with Crippen LogP contribution in [-0.2, 0) is 16.8 Å². The minimum atomic E-state index is -2.10. The minimum absolute atomic E-state index is 0.0213. The number of carbonyl (C=O) groups excluding carboxylic acids is 1. The third kappa shape index (κ3) is 3.39. The zero-order chi connectivity index (χ0) is 29.2. The second kappa shape index (κ2) is 9.08. The van der Waals surface area contributed by atoms with Gasteiger partial charge in [0.05, 0.1) is 12.1 Å². The lowest BCUT2D eigenvalue weighted by Crippen LogP contribution is -2.45. The number of phenolic OH excluding ortho intramolecular Hbond substituents is 1. The van der Waals surface area contributed by atoms with Crippen molar-refractivity contribution >= 4 is 22.6 Å². The summed E-state index contributed by atoms with van der Waals surface area (Å²) in [4.78, 5) is 29.5. The van der Waals surface area contributed by atoms with E-state index in [4.69, 9.17) is 14.9 Å². The summed E-state index contributed by atoms with van der Waals surface area (Å²) >= 11 is 0. The number of anilines is 1. The molecule has 1 unspecified atom stereocenters. The second-order valence-electron chi connectivity index (χ2n) is 10.1. The van der Waals surface area contributed by atoms with Crippen LogP contribution in [0.25, 0.3) is 22.3 Å². The summed E-state index contributed by atoms with van der Waals surface area (Å²) in [5.41, 5.74) is 4.85. The number of halogens is 1. The monoisotopic (exact) mass is 557 g/mol. The van der Waals surface area contributed by atoms with Crippen molar-refractivity contribution < 1.29 is 23.4 Å². The van der Waals surface area contributed by atoms with Crippen LogP contribution in [0.1, 0.15) is 16.7 Å². The van der Waals surface area contributed by atoms with Crippen molar-refractivity contribution in [1.82, 2.24) is 0 Å². The first-order valence-corrected chi connectivity index (χ1v) is 13.0. The van der Waals surface area contributed by atoms with Gasteiger partial charge in [-0.15, -0.1) is 0 Å². The van der Waals surface area contributed by atoms with Crippen LogP contribution in [0.2, 0.25) is 0 Å². The summed E-state index contributed by atoms with van der Waals surface area (Å²) in [5, 5.41) is 21.9. The first-order valence-electron chi connectivity index (χ1n) is 13.0. The molecule has 2 aliphatic rings. The standard InChI is InChI=1S/C33H20FN3O5/c34-20-11-12-23-21(13-20)33(32(40)37(23)17-18-7-3-1-4-8-18)22(16-35)31(36)42-27-15-26-28(30(39)29(27)33)24(38)14-25(41-26)19-9-5-2-6-10-19/h1-15,39H,17,36H2. The van der Waals surface area contributed by atoms with Gasteiger partial charge in [-0.1, -0.05) is 60.7 Å². The summed E-state index contributed by atoms with van der Waals surface area (Å²) in [6.07, 6.45) is 0. The Morgan fingerprint density at radius 3 is 2.40 bits per heavy atom. The van der Waals surface area contributed by atoms with Gasteiger partial charge < -0.3 is 24.9 Å². The van der Waals surface area contributed by atoms with Crippen molar-refractivity contribution in [1.29, 1.82) is 5.26 Å². The van der Waals surface area contributed by atoms with Gasteiger partial charge in [-0.25, -0.2) is 4.39 Å². The fraction of sp³-hybridized carbons (Fsp3) is 0.0606. The van der Waals surface area contributed by atoms with E-state index in [-0.39, 0.29) is 45.7 Å². The van der Waals surface area contributed by atoms with E-state index >= 15 is 0 Å². The molecule has 1 spiro atoms. The van der Waals surface area contributed by atoms with Crippen LogP contribution >= 0.6 is 0 Å². The van der Waals surface area contributed by atoms with Crippen LogP contribution in [0, 0.1) is 17.1 Å². The molecule has 2 aliphatic heterocycles. The van der Waals surface area contributed by atoms with Gasteiger partial charge in [-0.2, -0.15) is 5.26 Å². The number of fused-ring (bicyclic) bond motifs is 5. The number of hydrogen-bond acceptors (Lipinski definition) is 7. The van der Waals surface area contributed by atoms with Gasteiger partial charge in [0, 0.05) is 28.9 Å². The number of aromatic hydroxyl groups is 1.